The number of benzene rings is 1. The zero-order valence-electron chi connectivity index (χ0n) is 8.72. The van der Waals surface area contributed by atoms with E-state index in [0.29, 0.717) is 0 Å². The fourth-order valence-electron chi connectivity index (χ4n) is 1.07. The lowest BCUT2D eigenvalue weighted by molar-refractivity contribution is -0.120. The van der Waals surface area contributed by atoms with E-state index in [0.717, 1.165) is 5.69 Å². The maximum Gasteiger partial charge on any atom is 0.505 e. The molecule has 0 fully saturated rings. The number of rotatable bonds is 2. The van der Waals surface area contributed by atoms with Crippen molar-refractivity contribution in [2.45, 2.75) is 6.30 Å². The first-order valence-corrected chi connectivity index (χ1v) is 4.39. The molecule has 0 atom stereocenters. The van der Waals surface area contributed by atoms with Crippen LogP contribution in [0.3, 0.4) is 0 Å². The second-order valence-electron chi connectivity index (χ2n) is 3.31. The summed E-state index contributed by atoms with van der Waals surface area (Å²) in [6, 6.07) is 5.53. The lowest BCUT2D eigenvalue weighted by Crippen LogP contribution is -2.09. The Morgan fingerprint density at radius 3 is 2.00 bits per heavy atom. The van der Waals surface area contributed by atoms with Crippen molar-refractivity contribution in [3.63, 3.8) is 0 Å². The van der Waals surface area contributed by atoms with Gasteiger partial charge in [-0.1, -0.05) is 0 Å². The van der Waals surface area contributed by atoms with Crippen LogP contribution in [0.25, 0.3) is 0 Å². The highest BCUT2D eigenvalue weighted by Crippen LogP contribution is 2.20. The summed E-state index contributed by atoms with van der Waals surface area (Å²) in [5.41, 5.74) is 0.575. The third-order valence-corrected chi connectivity index (χ3v) is 1.85. The predicted octanol–water partition coefficient (Wildman–Crippen LogP) is 2.99. The number of nitrogens with zero attached hydrogens (tertiary/aromatic N) is 2. The summed E-state index contributed by atoms with van der Waals surface area (Å²) >= 11 is 0. The first-order chi connectivity index (χ1) is 7.29. The van der Waals surface area contributed by atoms with Crippen molar-refractivity contribution < 1.29 is 17.6 Å². The van der Waals surface area contributed by atoms with Gasteiger partial charge in [0, 0.05) is 25.3 Å². The number of hydrogen-bond acceptors (Lipinski definition) is 2. The first kappa shape index (κ1) is 12.5. The standard InChI is InChI=1S/C10H10F4N2/c1-16(2)8-5-3-7(4-6-8)9(11)15-10(12,13)14/h3-6H,1-2H3/b15-9-. The van der Waals surface area contributed by atoms with E-state index in [2.05, 4.69) is 0 Å². The van der Waals surface area contributed by atoms with Gasteiger partial charge in [0.05, 0.1) is 0 Å². The molecule has 0 saturated heterocycles. The van der Waals surface area contributed by atoms with E-state index in [1.165, 1.54) is 24.3 Å². The lowest BCUT2D eigenvalue weighted by atomic mass is 10.2. The molecule has 0 radical (unpaired) electrons. The average molecular weight is 234 g/mol. The molecule has 6 heteroatoms. The Morgan fingerprint density at radius 1 is 1.12 bits per heavy atom. The minimum absolute atomic E-state index is 0.192. The summed E-state index contributed by atoms with van der Waals surface area (Å²) in [6.07, 6.45) is -4.88. The molecule has 0 saturated carbocycles. The molecule has 0 heterocycles. The fourth-order valence-corrected chi connectivity index (χ4v) is 1.07. The Labute approximate surface area is 90.2 Å². The minimum atomic E-state index is -4.88. The van der Waals surface area contributed by atoms with Crippen LogP contribution in [-0.2, 0) is 0 Å². The van der Waals surface area contributed by atoms with Gasteiger partial charge in [0.1, 0.15) is 0 Å². The second-order valence-corrected chi connectivity index (χ2v) is 3.31. The normalized spacial score (nSPS) is 12.8. The maximum absolute atomic E-state index is 13.0. The molecule has 0 aromatic heterocycles. The van der Waals surface area contributed by atoms with Gasteiger partial charge in [-0.05, 0) is 24.3 Å². The number of hydrogen-bond donors (Lipinski definition) is 0. The van der Waals surface area contributed by atoms with Crippen LogP contribution in [0.4, 0.5) is 23.2 Å². The van der Waals surface area contributed by atoms with Crippen LogP contribution in [0, 0.1) is 0 Å². The Hall–Kier alpha value is -1.59. The molecule has 0 unspecified atom stereocenters. The van der Waals surface area contributed by atoms with Crippen molar-refractivity contribution in [1.29, 1.82) is 0 Å². The molecule has 0 aliphatic rings. The number of anilines is 1. The van der Waals surface area contributed by atoms with Crippen molar-refractivity contribution in [2.75, 3.05) is 19.0 Å². The summed E-state index contributed by atoms with van der Waals surface area (Å²) in [5, 5.41) is 0. The second kappa shape index (κ2) is 4.51. The van der Waals surface area contributed by atoms with E-state index < -0.39 is 12.3 Å². The van der Waals surface area contributed by atoms with Crippen LogP contribution in [0.1, 0.15) is 5.56 Å². The van der Waals surface area contributed by atoms with Crippen LogP contribution in [0.15, 0.2) is 29.3 Å². The van der Waals surface area contributed by atoms with E-state index in [-0.39, 0.29) is 5.56 Å². The summed E-state index contributed by atoms with van der Waals surface area (Å²) in [7, 11) is 3.55. The zero-order valence-corrected chi connectivity index (χ0v) is 8.72. The smallest absolute Gasteiger partial charge is 0.378 e. The largest absolute Gasteiger partial charge is 0.505 e. The van der Waals surface area contributed by atoms with Gasteiger partial charge in [-0.15, -0.1) is 13.2 Å². The highest BCUT2D eigenvalue weighted by Gasteiger charge is 2.27. The summed E-state index contributed by atoms with van der Waals surface area (Å²) < 4.78 is 48.3. The topological polar surface area (TPSA) is 15.6 Å². The molecule has 2 nitrogen and oxygen atoms in total. The molecule has 0 amide bonds. The van der Waals surface area contributed by atoms with Crippen LogP contribution in [0.2, 0.25) is 0 Å². The summed E-state index contributed by atoms with van der Waals surface area (Å²) in [6.45, 7) is 0. The van der Waals surface area contributed by atoms with Gasteiger partial charge in [-0.2, -0.15) is 9.38 Å². The average Bonchev–Trinajstić information content (AvgIpc) is 2.15. The Bertz CT molecular complexity index is 379. The Kier molecular flexibility index (Phi) is 3.51. The summed E-state index contributed by atoms with van der Waals surface area (Å²) in [4.78, 5) is 3.74. The van der Waals surface area contributed by atoms with E-state index in [1.807, 2.05) is 4.99 Å². The van der Waals surface area contributed by atoms with Gasteiger partial charge in [-0.3, -0.25) is 0 Å². The van der Waals surface area contributed by atoms with Gasteiger partial charge in [0.15, 0.2) is 0 Å². The van der Waals surface area contributed by atoms with Crippen LogP contribution < -0.4 is 4.90 Å². The van der Waals surface area contributed by atoms with E-state index >= 15 is 0 Å². The highest BCUT2D eigenvalue weighted by molar-refractivity contribution is 5.93. The number of aliphatic imine (C=N–C) groups is 1. The minimum Gasteiger partial charge on any atom is -0.378 e. The van der Waals surface area contributed by atoms with Gasteiger partial charge in [0.25, 0.3) is 0 Å². The lowest BCUT2D eigenvalue weighted by Gasteiger charge is -2.12. The van der Waals surface area contributed by atoms with Gasteiger partial charge in [-0.25, -0.2) is 0 Å². The van der Waals surface area contributed by atoms with E-state index in [9.17, 15) is 17.6 Å². The molecule has 0 bridgehead atoms. The monoisotopic (exact) mass is 234 g/mol. The fraction of sp³-hybridized carbons (Fsp3) is 0.300. The molecule has 16 heavy (non-hydrogen) atoms. The van der Waals surface area contributed by atoms with Crippen molar-refractivity contribution >= 4 is 11.7 Å². The molecule has 0 aliphatic carbocycles. The number of alkyl halides is 3. The Balaban J connectivity index is 2.94. The number of halogens is 4. The van der Waals surface area contributed by atoms with Gasteiger partial charge >= 0.3 is 6.30 Å². The molecule has 88 valence electrons. The van der Waals surface area contributed by atoms with Crippen molar-refractivity contribution in [3.8, 4) is 0 Å². The van der Waals surface area contributed by atoms with Crippen molar-refractivity contribution in [3.05, 3.63) is 29.8 Å². The summed E-state index contributed by atoms with van der Waals surface area (Å²) in [5.74, 6) is -1.53. The highest BCUT2D eigenvalue weighted by atomic mass is 19.4. The first-order valence-electron chi connectivity index (χ1n) is 4.39. The molecule has 1 aromatic carbocycles. The zero-order chi connectivity index (χ0) is 12.3. The molecule has 0 aliphatic heterocycles. The third-order valence-electron chi connectivity index (χ3n) is 1.85. The van der Waals surface area contributed by atoms with E-state index in [1.54, 1.807) is 19.0 Å². The van der Waals surface area contributed by atoms with Crippen LogP contribution in [0.5, 0.6) is 0 Å². The molecular weight excluding hydrogens is 224 g/mol. The Morgan fingerprint density at radius 2 is 1.62 bits per heavy atom. The van der Waals surface area contributed by atoms with Gasteiger partial charge < -0.3 is 4.90 Å². The third kappa shape index (κ3) is 3.52. The van der Waals surface area contributed by atoms with Gasteiger partial charge in [0.2, 0.25) is 5.97 Å². The molecule has 0 N–H and O–H groups in total. The quantitative estimate of drug-likeness (QED) is 0.436. The maximum atomic E-state index is 13.0. The molecular formula is C10H10F4N2. The van der Waals surface area contributed by atoms with Crippen LogP contribution in [-0.4, -0.2) is 26.4 Å². The molecule has 0 spiro atoms. The SMILES string of the molecule is CN(C)c1ccc(/C(F)=N/C(F)(F)F)cc1. The molecule has 1 aromatic rings. The van der Waals surface area contributed by atoms with Crippen LogP contribution >= 0.6 is 0 Å². The predicted molar refractivity (Wildman–Crippen MR) is 54.5 cm³/mol. The van der Waals surface area contributed by atoms with E-state index in [4.69, 9.17) is 0 Å². The van der Waals surface area contributed by atoms with Crippen molar-refractivity contribution in [2.24, 2.45) is 4.99 Å². The molecule has 1 rings (SSSR count). The van der Waals surface area contributed by atoms with Crippen molar-refractivity contribution in [1.82, 2.24) is 0 Å².